The summed E-state index contributed by atoms with van der Waals surface area (Å²) in [4.78, 5) is 49.8. The number of carbonyl (C=O) groups excluding carboxylic acids is 1. The van der Waals surface area contributed by atoms with Crippen molar-refractivity contribution in [3.8, 4) is 0 Å². The average molecular weight is 463 g/mol. The number of benzene rings is 2. The minimum atomic E-state index is -0.544. The van der Waals surface area contributed by atoms with E-state index in [2.05, 4.69) is 15.4 Å². The molecule has 0 spiro atoms. The fourth-order valence-corrected chi connectivity index (χ4v) is 3.31. The Bertz CT molecular complexity index is 1440. The number of carbonyl (C=O) groups is 1. The van der Waals surface area contributed by atoms with Gasteiger partial charge in [0.25, 0.3) is 22.8 Å². The van der Waals surface area contributed by atoms with Crippen molar-refractivity contribution in [2.75, 3.05) is 6.54 Å². The maximum Gasteiger partial charge on any atom is 0.269 e. The third-order valence-electron chi connectivity index (χ3n) is 5.07. The monoisotopic (exact) mass is 463 g/mol. The third kappa shape index (κ3) is 4.62. The molecule has 0 bridgehead atoms. The van der Waals surface area contributed by atoms with Crippen LogP contribution >= 0.6 is 0 Å². The molecule has 2 aromatic heterocycles. The van der Waals surface area contributed by atoms with E-state index in [9.17, 15) is 29.8 Å². The first kappa shape index (κ1) is 22.3. The number of nitro groups is 2. The molecule has 13 heteroatoms. The molecule has 4 rings (SSSR count). The number of rotatable bonds is 8. The minimum absolute atomic E-state index is 0.0355. The van der Waals surface area contributed by atoms with E-state index in [1.54, 1.807) is 12.1 Å². The van der Waals surface area contributed by atoms with E-state index in [4.69, 9.17) is 0 Å². The molecule has 1 amide bonds. The third-order valence-corrected chi connectivity index (χ3v) is 5.07. The second-order valence-corrected chi connectivity index (χ2v) is 7.27. The normalized spacial score (nSPS) is 10.8. The zero-order valence-corrected chi connectivity index (χ0v) is 17.5. The van der Waals surface area contributed by atoms with Gasteiger partial charge in [-0.25, -0.2) is 9.67 Å². The Morgan fingerprint density at radius 1 is 0.971 bits per heavy atom. The lowest BCUT2D eigenvalue weighted by atomic mass is 10.2. The van der Waals surface area contributed by atoms with Crippen LogP contribution in [0.25, 0.3) is 11.0 Å². The van der Waals surface area contributed by atoms with Gasteiger partial charge in [0.1, 0.15) is 11.7 Å². The summed E-state index contributed by atoms with van der Waals surface area (Å²) in [6, 6.07) is 11.1. The molecule has 0 fully saturated rings. The summed E-state index contributed by atoms with van der Waals surface area (Å²) < 4.78 is 2.87. The number of aromatic nitrogens is 4. The molecule has 0 saturated carbocycles. The van der Waals surface area contributed by atoms with Gasteiger partial charge in [-0.05, 0) is 17.7 Å². The SMILES string of the molecule is O=C(NCCn1ncc2c(=O)n(Cc3ccc([N+](=O)[O-])cc3)cnc21)c1ccc([N+](=O)[O-])cc1. The fraction of sp³-hybridized carbons (Fsp3) is 0.143. The first-order valence-electron chi connectivity index (χ1n) is 10.0. The van der Waals surface area contributed by atoms with E-state index in [0.29, 0.717) is 16.6 Å². The van der Waals surface area contributed by atoms with E-state index < -0.39 is 15.8 Å². The largest absolute Gasteiger partial charge is 0.350 e. The predicted molar refractivity (Wildman–Crippen MR) is 119 cm³/mol. The lowest BCUT2D eigenvalue weighted by molar-refractivity contribution is -0.385. The second kappa shape index (κ2) is 9.28. The highest BCUT2D eigenvalue weighted by atomic mass is 16.6. The zero-order chi connectivity index (χ0) is 24.2. The van der Waals surface area contributed by atoms with Crippen LogP contribution in [-0.4, -0.2) is 41.6 Å². The molecule has 2 heterocycles. The summed E-state index contributed by atoms with van der Waals surface area (Å²) >= 11 is 0. The molecular weight excluding hydrogens is 446 g/mol. The van der Waals surface area contributed by atoms with Gasteiger partial charge in [-0.1, -0.05) is 12.1 Å². The molecule has 0 unspecified atom stereocenters. The summed E-state index contributed by atoms with van der Waals surface area (Å²) in [5.41, 5.74) is 0.883. The van der Waals surface area contributed by atoms with Gasteiger partial charge in [-0.15, -0.1) is 0 Å². The first-order chi connectivity index (χ1) is 16.3. The summed E-state index contributed by atoms with van der Waals surface area (Å²) in [5, 5.41) is 28.7. The van der Waals surface area contributed by atoms with Crippen molar-refractivity contribution in [3.05, 3.63) is 103 Å². The Morgan fingerprint density at radius 3 is 2.21 bits per heavy atom. The zero-order valence-electron chi connectivity index (χ0n) is 17.5. The number of nitrogens with zero attached hydrogens (tertiary/aromatic N) is 6. The van der Waals surface area contributed by atoms with Crippen molar-refractivity contribution in [1.82, 2.24) is 24.6 Å². The molecule has 0 aliphatic rings. The smallest absolute Gasteiger partial charge is 0.269 e. The first-order valence-corrected chi connectivity index (χ1v) is 10.0. The molecule has 0 aliphatic heterocycles. The molecule has 13 nitrogen and oxygen atoms in total. The van der Waals surface area contributed by atoms with Gasteiger partial charge in [0.15, 0.2) is 5.65 Å². The van der Waals surface area contributed by atoms with Crippen molar-refractivity contribution >= 4 is 28.3 Å². The number of hydrogen-bond donors (Lipinski definition) is 1. The van der Waals surface area contributed by atoms with Crippen LogP contribution in [0.1, 0.15) is 15.9 Å². The Balaban J connectivity index is 1.42. The molecule has 34 heavy (non-hydrogen) atoms. The van der Waals surface area contributed by atoms with Crippen LogP contribution < -0.4 is 10.9 Å². The van der Waals surface area contributed by atoms with Gasteiger partial charge < -0.3 is 5.32 Å². The van der Waals surface area contributed by atoms with E-state index in [1.807, 2.05) is 0 Å². The molecular formula is C21H17N7O6. The van der Waals surface area contributed by atoms with Gasteiger partial charge in [0, 0.05) is 36.4 Å². The standard InChI is InChI=1S/C21H17N7O6/c29-20(15-3-7-17(8-4-15)28(33)34)22-9-10-26-19-18(11-24-26)21(30)25(13-23-19)12-14-1-5-16(6-2-14)27(31)32/h1-8,11,13H,9-10,12H2,(H,22,29). The average Bonchev–Trinajstić information content (AvgIpc) is 3.25. The number of nitro benzene ring substituents is 2. The van der Waals surface area contributed by atoms with Gasteiger partial charge in [0.2, 0.25) is 0 Å². The van der Waals surface area contributed by atoms with Gasteiger partial charge in [-0.2, -0.15) is 5.10 Å². The van der Waals surface area contributed by atoms with Crippen molar-refractivity contribution in [2.24, 2.45) is 0 Å². The predicted octanol–water partition coefficient (Wildman–Crippen LogP) is 1.89. The van der Waals surface area contributed by atoms with Crippen LogP contribution in [0.3, 0.4) is 0 Å². The summed E-state index contributed by atoms with van der Waals surface area (Å²) in [5.74, 6) is -0.398. The van der Waals surface area contributed by atoms with E-state index in [-0.39, 0.29) is 42.1 Å². The van der Waals surface area contributed by atoms with Gasteiger partial charge >= 0.3 is 0 Å². The van der Waals surface area contributed by atoms with E-state index in [1.165, 1.54) is 58.2 Å². The Morgan fingerprint density at radius 2 is 1.59 bits per heavy atom. The van der Waals surface area contributed by atoms with Gasteiger partial charge in [-0.3, -0.25) is 34.4 Å². The molecule has 4 aromatic rings. The molecule has 172 valence electrons. The number of hydrogen-bond acceptors (Lipinski definition) is 8. The Hall–Kier alpha value is -4.94. The Kier molecular flexibility index (Phi) is 6.07. The maximum absolute atomic E-state index is 12.8. The van der Waals surface area contributed by atoms with Crippen molar-refractivity contribution in [2.45, 2.75) is 13.1 Å². The van der Waals surface area contributed by atoms with Crippen molar-refractivity contribution in [3.63, 3.8) is 0 Å². The topological polar surface area (TPSA) is 168 Å². The van der Waals surface area contributed by atoms with Crippen LogP contribution in [0.2, 0.25) is 0 Å². The highest BCUT2D eigenvalue weighted by molar-refractivity contribution is 5.94. The van der Waals surface area contributed by atoms with Crippen LogP contribution in [0.15, 0.2) is 65.8 Å². The van der Waals surface area contributed by atoms with Crippen LogP contribution in [-0.2, 0) is 13.1 Å². The summed E-state index contributed by atoms with van der Waals surface area (Å²) in [6.45, 7) is 0.636. The molecule has 0 aliphatic carbocycles. The number of non-ortho nitro benzene ring substituents is 2. The molecule has 0 atom stereocenters. The van der Waals surface area contributed by atoms with Crippen molar-refractivity contribution in [1.29, 1.82) is 0 Å². The quantitative estimate of drug-likeness (QED) is 0.305. The van der Waals surface area contributed by atoms with E-state index in [0.717, 1.165) is 0 Å². The lowest BCUT2D eigenvalue weighted by Crippen LogP contribution is -2.27. The maximum atomic E-state index is 12.8. The highest BCUT2D eigenvalue weighted by Gasteiger charge is 2.13. The Labute approximate surface area is 190 Å². The van der Waals surface area contributed by atoms with E-state index >= 15 is 0 Å². The van der Waals surface area contributed by atoms with Crippen LogP contribution in [0.4, 0.5) is 11.4 Å². The molecule has 0 radical (unpaired) electrons. The van der Waals surface area contributed by atoms with Crippen LogP contribution in [0.5, 0.6) is 0 Å². The minimum Gasteiger partial charge on any atom is -0.350 e. The fourth-order valence-electron chi connectivity index (χ4n) is 3.31. The molecule has 0 saturated heterocycles. The molecule has 2 aromatic carbocycles. The second-order valence-electron chi connectivity index (χ2n) is 7.27. The summed E-state index contributed by atoms with van der Waals surface area (Å²) in [7, 11) is 0. The lowest BCUT2D eigenvalue weighted by Gasteiger charge is -2.08. The highest BCUT2D eigenvalue weighted by Crippen LogP contribution is 2.14. The summed E-state index contributed by atoms with van der Waals surface area (Å²) in [6.07, 6.45) is 2.77. The number of amides is 1. The number of nitrogens with one attached hydrogen (secondary N) is 1. The molecule has 1 N–H and O–H groups in total. The van der Waals surface area contributed by atoms with Crippen LogP contribution in [0, 0.1) is 20.2 Å². The van der Waals surface area contributed by atoms with Crippen molar-refractivity contribution < 1.29 is 14.6 Å². The van der Waals surface area contributed by atoms with Gasteiger partial charge in [0.05, 0.1) is 29.1 Å². The number of fused-ring (bicyclic) bond motifs is 1.